The SMILES string of the molecule is CCOc1c(Nc2c(C)sc(C(=O)N(C)C)c2O)c(=O)c1=O. The molecule has 2 rings (SSSR count). The summed E-state index contributed by atoms with van der Waals surface area (Å²) in [7, 11) is 3.15. The van der Waals surface area contributed by atoms with Crippen molar-refractivity contribution in [3.8, 4) is 11.5 Å². The Balaban J connectivity index is 2.40. The second kappa shape index (κ2) is 5.80. The van der Waals surface area contributed by atoms with Crippen molar-refractivity contribution < 1.29 is 14.6 Å². The molecule has 7 nitrogen and oxygen atoms in total. The predicted octanol–water partition coefficient (Wildman–Crippen LogP) is 1.20. The van der Waals surface area contributed by atoms with E-state index in [-0.39, 0.29) is 40.3 Å². The molecular formula is C14H16N2O5S. The Bertz CT molecular complexity index is 799. The van der Waals surface area contributed by atoms with Crippen LogP contribution < -0.4 is 20.9 Å². The number of carbonyl (C=O) groups is 1. The lowest BCUT2D eigenvalue weighted by Gasteiger charge is -2.13. The molecule has 1 amide bonds. The van der Waals surface area contributed by atoms with Crippen molar-refractivity contribution in [3.63, 3.8) is 0 Å². The van der Waals surface area contributed by atoms with E-state index in [0.29, 0.717) is 4.88 Å². The maximum atomic E-state index is 12.0. The largest absolute Gasteiger partial charge is 0.504 e. The number of nitrogens with zero attached hydrogens (tertiary/aromatic N) is 1. The van der Waals surface area contributed by atoms with Crippen LogP contribution >= 0.6 is 11.3 Å². The van der Waals surface area contributed by atoms with Gasteiger partial charge in [-0.15, -0.1) is 11.3 Å². The molecule has 0 fully saturated rings. The average Bonchev–Trinajstić information content (AvgIpc) is 2.76. The molecule has 2 N–H and O–H groups in total. The monoisotopic (exact) mass is 324 g/mol. The summed E-state index contributed by atoms with van der Waals surface area (Å²) >= 11 is 1.11. The summed E-state index contributed by atoms with van der Waals surface area (Å²) < 4.78 is 5.11. The first kappa shape index (κ1) is 16.0. The molecule has 0 saturated carbocycles. The highest BCUT2D eigenvalue weighted by atomic mass is 32.1. The summed E-state index contributed by atoms with van der Waals surface area (Å²) in [5, 5.41) is 12.9. The molecule has 0 unspecified atom stereocenters. The number of nitrogens with one attached hydrogen (secondary N) is 1. The van der Waals surface area contributed by atoms with Crippen molar-refractivity contribution in [2.45, 2.75) is 13.8 Å². The standard InChI is InChI=1S/C14H16N2O5S/c1-5-21-12-8(9(17)11(12)19)15-7-6(2)22-13(10(7)18)14(20)16(3)4/h15,18H,5H2,1-4H3. The van der Waals surface area contributed by atoms with Gasteiger partial charge in [-0.05, 0) is 13.8 Å². The number of hydrogen-bond acceptors (Lipinski definition) is 7. The normalized spacial score (nSPS) is 10.7. The topological polar surface area (TPSA) is 95.9 Å². The molecule has 0 aliphatic heterocycles. The van der Waals surface area contributed by atoms with Gasteiger partial charge >= 0.3 is 0 Å². The number of amides is 1. The van der Waals surface area contributed by atoms with E-state index in [9.17, 15) is 19.5 Å². The van der Waals surface area contributed by atoms with Crippen molar-refractivity contribution in [1.29, 1.82) is 0 Å². The Morgan fingerprint density at radius 2 is 1.91 bits per heavy atom. The first-order valence-corrected chi connectivity index (χ1v) is 7.38. The predicted molar refractivity (Wildman–Crippen MR) is 84.5 cm³/mol. The van der Waals surface area contributed by atoms with Crippen LogP contribution in [0.1, 0.15) is 21.5 Å². The maximum absolute atomic E-state index is 12.0. The van der Waals surface area contributed by atoms with Gasteiger partial charge in [-0.2, -0.15) is 0 Å². The van der Waals surface area contributed by atoms with E-state index in [2.05, 4.69) is 5.32 Å². The van der Waals surface area contributed by atoms with Crippen molar-refractivity contribution in [3.05, 3.63) is 30.2 Å². The summed E-state index contributed by atoms with van der Waals surface area (Å²) in [6.45, 7) is 3.64. The molecule has 22 heavy (non-hydrogen) atoms. The van der Waals surface area contributed by atoms with E-state index >= 15 is 0 Å². The van der Waals surface area contributed by atoms with Crippen LogP contribution in [-0.4, -0.2) is 36.6 Å². The van der Waals surface area contributed by atoms with Crippen LogP contribution in [0.3, 0.4) is 0 Å². The highest BCUT2D eigenvalue weighted by Crippen LogP contribution is 2.41. The Hall–Kier alpha value is -2.35. The van der Waals surface area contributed by atoms with E-state index in [4.69, 9.17) is 4.74 Å². The maximum Gasteiger partial charge on any atom is 0.272 e. The van der Waals surface area contributed by atoms with E-state index in [0.717, 1.165) is 11.3 Å². The molecule has 0 spiro atoms. The lowest BCUT2D eigenvalue weighted by molar-refractivity contribution is 0.0829. The van der Waals surface area contributed by atoms with Crippen molar-refractivity contribution in [2.75, 3.05) is 26.0 Å². The minimum atomic E-state index is -0.700. The number of rotatable bonds is 5. The van der Waals surface area contributed by atoms with E-state index in [1.165, 1.54) is 4.90 Å². The number of hydrogen-bond donors (Lipinski definition) is 2. The Labute approximate surface area is 130 Å². The van der Waals surface area contributed by atoms with Crippen LogP contribution in [0.5, 0.6) is 11.5 Å². The molecule has 0 aliphatic rings. The van der Waals surface area contributed by atoms with Gasteiger partial charge in [0.1, 0.15) is 10.6 Å². The number of aryl methyl sites for hydroxylation is 1. The third-order valence-electron chi connectivity index (χ3n) is 3.06. The van der Waals surface area contributed by atoms with Crippen molar-refractivity contribution >= 4 is 28.6 Å². The summed E-state index contributed by atoms with van der Waals surface area (Å²) in [5.74, 6) is -0.622. The lowest BCUT2D eigenvalue weighted by Crippen LogP contribution is -2.35. The molecule has 0 aliphatic carbocycles. The van der Waals surface area contributed by atoms with Gasteiger partial charge in [0.2, 0.25) is 0 Å². The molecule has 0 bridgehead atoms. The van der Waals surface area contributed by atoms with E-state index in [1.807, 2.05) is 0 Å². The molecule has 8 heteroatoms. The molecule has 0 saturated heterocycles. The molecule has 118 valence electrons. The van der Waals surface area contributed by atoms with Gasteiger partial charge in [0, 0.05) is 19.0 Å². The quantitative estimate of drug-likeness (QED) is 0.803. The zero-order valence-corrected chi connectivity index (χ0v) is 13.5. The molecule has 1 heterocycles. The summed E-state index contributed by atoms with van der Waals surface area (Å²) in [6, 6.07) is 0. The highest BCUT2D eigenvalue weighted by molar-refractivity contribution is 7.15. The van der Waals surface area contributed by atoms with Crippen LogP contribution in [0.15, 0.2) is 9.59 Å². The number of anilines is 2. The van der Waals surface area contributed by atoms with E-state index in [1.54, 1.807) is 27.9 Å². The third-order valence-corrected chi connectivity index (χ3v) is 4.15. The fraction of sp³-hybridized carbons (Fsp3) is 0.357. The molecule has 1 aromatic heterocycles. The first-order chi connectivity index (χ1) is 10.3. The lowest BCUT2D eigenvalue weighted by atomic mass is 10.2. The summed E-state index contributed by atoms with van der Waals surface area (Å²) in [6.07, 6.45) is 0. The van der Waals surface area contributed by atoms with Gasteiger partial charge in [0.15, 0.2) is 11.5 Å². The molecule has 1 aromatic carbocycles. The average molecular weight is 324 g/mol. The second-order valence-electron chi connectivity index (χ2n) is 4.83. The molecular weight excluding hydrogens is 308 g/mol. The van der Waals surface area contributed by atoms with Crippen LogP contribution in [-0.2, 0) is 0 Å². The van der Waals surface area contributed by atoms with Crippen molar-refractivity contribution in [2.24, 2.45) is 0 Å². The highest BCUT2D eigenvalue weighted by Gasteiger charge is 2.27. The fourth-order valence-electron chi connectivity index (χ4n) is 1.92. The number of ether oxygens (including phenoxy) is 1. The third kappa shape index (κ3) is 2.45. The Morgan fingerprint density at radius 3 is 2.45 bits per heavy atom. The van der Waals surface area contributed by atoms with Gasteiger partial charge in [-0.25, -0.2) is 0 Å². The number of carbonyl (C=O) groups excluding carboxylic acids is 1. The van der Waals surface area contributed by atoms with Gasteiger partial charge in [0.05, 0.1) is 12.3 Å². The minimum absolute atomic E-state index is 0.00639. The minimum Gasteiger partial charge on any atom is -0.504 e. The summed E-state index contributed by atoms with van der Waals surface area (Å²) in [5.41, 5.74) is -1.15. The second-order valence-corrected chi connectivity index (χ2v) is 6.06. The molecule has 2 aromatic rings. The smallest absolute Gasteiger partial charge is 0.272 e. The molecule has 0 radical (unpaired) electrons. The van der Waals surface area contributed by atoms with Crippen LogP contribution in [0.4, 0.5) is 11.4 Å². The fourth-order valence-corrected chi connectivity index (χ4v) is 2.94. The Morgan fingerprint density at radius 1 is 1.27 bits per heavy atom. The first-order valence-electron chi connectivity index (χ1n) is 6.56. The summed E-state index contributed by atoms with van der Waals surface area (Å²) in [4.78, 5) is 37.2. The zero-order chi connectivity index (χ0) is 16.6. The van der Waals surface area contributed by atoms with Gasteiger partial charge < -0.3 is 20.1 Å². The van der Waals surface area contributed by atoms with Crippen LogP contribution in [0, 0.1) is 6.92 Å². The van der Waals surface area contributed by atoms with Crippen LogP contribution in [0.2, 0.25) is 0 Å². The number of thiophene rings is 1. The van der Waals surface area contributed by atoms with Crippen LogP contribution in [0.25, 0.3) is 0 Å². The zero-order valence-electron chi connectivity index (χ0n) is 12.6. The van der Waals surface area contributed by atoms with Gasteiger partial charge in [-0.1, -0.05) is 0 Å². The Kier molecular flexibility index (Phi) is 4.23. The van der Waals surface area contributed by atoms with Crippen molar-refractivity contribution in [1.82, 2.24) is 4.90 Å². The van der Waals surface area contributed by atoms with E-state index < -0.39 is 10.9 Å². The number of aromatic hydroxyl groups is 1. The van der Waals surface area contributed by atoms with Gasteiger partial charge in [0.25, 0.3) is 16.8 Å². The molecule has 0 atom stereocenters. The van der Waals surface area contributed by atoms with Gasteiger partial charge in [-0.3, -0.25) is 14.4 Å².